The normalized spacial score (nSPS) is 26.5. The maximum absolute atomic E-state index is 5.93. The maximum atomic E-state index is 5.93. The van der Waals surface area contributed by atoms with E-state index >= 15 is 0 Å². The van der Waals surface area contributed by atoms with Crippen molar-refractivity contribution in [3.05, 3.63) is 24.3 Å². The van der Waals surface area contributed by atoms with Gasteiger partial charge in [-0.3, -0.25) is 9.80 Å². The molecule has 0 radical (unpaired) electrons. The molecule has 0 saturated carbocycles. The van der Waals surface area contributed by atoms with E-state index < -0.39 is 0 Å². The Kier molecular flexibility index (Phi) is 11.3. The molecule has 170 valence electrons. The number of ether oxygens (including phenoxy) is 4. The third kappa shape index (κ3) is 9.16. The molecule has 8 nitrogen and oxygen atoms in total. The molecule has 3 aliphatic heterocycles. The van der Waals surface area contributed by atoms with Crippen LogP contribution >= 0.6 is 0 Å². The van der Waals surface area contributed by atoms with E-state index in [4.69, 9.17) is 18.9 Å². The number of benzene rings is 1. The van der Waals surface area contributed by atoms with Crippen LogP contribution in [0.25, 0.3) is 0 Å². The second-order valence-corrected chi connectivity index (χ2v) is 7.55. The fraction of sp³-hybridized carbons (Fsp3) is 0.727. The van der Waals surface area contributed by atoms with Gasteiger partial charge in [-0.05, 0) is 12.1 Å². The largest absolute Gasteiger partial charge is 0.488 e. The van der Waals surface area contributed by atoms with Crippen molar-refractivity contribution in [2.24, 2.45) is 0 Å². The van der Waals surface area contributed by atoms with Crippen LogP contribution in [0.2, 0.25) is 0 Å². The Morgan fingerprint density at radius 1 is 0.533 bits per heavy atom. The second-order valence-electron chi connectivity index (χ2n) is 7.55. The standard InChI is InChI=1S/C22H38N4O4/c1-2-4-22-21(3-1)29-15-7-23-5-9-25-11-17-27-19-13-26(14-20-28-18-12-25)10-6-24-8-16-30-22/h1-4,23-24H,5-20H2. The van der Waals surface area contributed by atoms with Crippen LogP contribution in [0.15, 0.2) is 24.3 Å². The van der Waals surface area contributed by atoms with Crippen LogP contribution < -0.4 is 20.1 Å². The van der Waals surface area contributed by atoms with Gasteiger partial charge in [-0.1, -0.05) is 12.1 Å². The number of hydrogen-bond acceptors (Lipinski definition) is 8. The minimum absolute atomic E-state index is 0.612. The lowest BCUT2D eigenvalue weighted by atomic mass is 10.3. The Bertz CT molecular complexity index is 517. The van der Waals surface area contributed by atoms with Crippen LogP contribution in [0, 0.1) is 0 Å². The number of nitrogens with one attached hydrogen (secondary N) is 2. The van der Waals surface area contributed by atoms with Gasteiger partial charge in [0.1, 0.15) is 13.2 Å². The number of para-hydroxylation sites is 2. The van der Waals surface area contributed by atoms with Crippen molar-refractivity contribution < 1.29 is 18.9 Å². The quantitative estimate of drug-likeness (QED) is 0.619. The zero-order chi connectivity index (χ0) is 20.7. The SMILES string of the molecule is c1ccc2c(c1)OCCNCCN1CCOCCN(CCNCCO2)CCOCC1. The van der Waals surface area contributed by atoms with Crippen molar-refractivity contribution in [3.8, 4) is 11.5 Å². The minimum Gasteiger partial charge on any atom is -0.488 e. The first-order valence-corrected chi connectivity index (χ1v) is 11.3. The first-order chi connectivity index (χ1) is 14.9. The molecule has 1 aromatic rings. The molecule has 1 saturated heterocycles. The van der Waals surface area contributed by atoms with E-state index in [1.807, 2.05) is 24.3 Å². The summed E-state index contributed by atoms with van der Waals surface area (Å²) in [4.78, 5) is 4.81. The van der Waals surface area contributed by atoms with E-state index in [-0.39, 0.29) is 0 Å². The van der Waals surface area contributed by atoms with Crippen LogP contribution in [0.3, 0.4) is 0 Å². The molecule has 2 bridgehead atoms. The van der Waals surface area contributed by atoms with E-state index in [0.717, 1.165) is 103 Å². The van der Waals surface area contributed by atoms with E-state index in [2.05, 4.69) is 20.4 Å². The van der Waals surface area contributed by atoms with Gasteiger partial charge in [0.05, 0.1) is 26.4 Å². The highest BCUT2D eigenvalue weighted by atomic mass is 16.5. The average Bonchev–Trinajstić information content (AvgIpc) is 2.75. The number of rotatable bonds is 0. The van der Waals surface area contributed by atoms with E-state index in [0.29, 0.717) is 13.2 Å². The van der Waals surface area contributed by atoms with Gasteiger partial charge in [0, 0.05) is 65.4 Å². The first-order valence-electron chi connectivity index (χ1n) is 11.3. The highest BCUT2D eigenvalue weighted by Crippen LogP contribution is 2.26. The predicted molar refractivity (Wildman–Crippen MR) is 118 cm³/mol. The lowest BCUT2D eigenvalue weighted by Gasteiger charge is -2.26. The molecule has 2 N–H and O–H groups in total. The molecule has 0 aromatic heterocycles. The summed E-state index contributed by atoms with van der Waals surface area (Å²) in [5.41, 5.74) is 0. The summed E-state index contributed by atoms with van der Waals surface area (Å²) in [5, 5.41) is 6.94. The van der Waals surface area contributed by atoms with Crippen LogP contribution in [-0.2, 0) is 9.47 Å². The second kappa shape index (κ2) is 14.6. The summed E-state index contributed by atoms with van der Waals surface area (Å²) in [6.07, 6.45) is 0. The summed E-state index contributed by atoms with van der Waals surface area (Å²) >= 11 is 0. The lowest BCUT2D eigenvalue weighted by Crippen LogP contribution is -2.40. The Morgan fingerprint density at radius 3 is 1.40 bits per heavy atom. The van der Waals surface area contributed by atoms with Gasteiger partial charge in [-0.25, -0.2) is 0 Å². The molecule has 3 heterocycles. The van der Waals surface area contributed by atoms with Crippen molar-refractivity contribution >= 4 is 0 Å². The average molecular weight is 423 g/mol. The molecular weight excluding hydrogens is 384 g/mol. The van der Waals surface area contributed by atoms with E-state index in [9.17, 15) is 0 Å². The third-order valence-electron chi connectivity index (χ3n) is 5.34. The van der Waals surface area contributed by atoms with Gasteiger partial charge in [0.25, 0.3) is 0 Å². The van der Waals surface area contributed by atoms with Crippen molar-refractivity contribution in [2.45, 2.75) is 0 Å². The van der Waals surface area contributed by atoms with Crippen LogP contribution in [0.5, 0.6) is 11.5 Å². The molecule has 0 unspecified atom stereocenters. The molecule has 0 amide bonds. The third-order valence-corrected chi connectivity index (χ3v) is 5.34. The lowest BCUT2D eigenvalue weighted by molar-refractivity contribution is 0.0384. The molecule has 4 rings (SSSR count). The molecule has 0 atom stereocenters. The van der Waals surface area contributed by atoms with Crippen LogP contribution in [0.4, 0.5) is 0 Å². The fourth-order valence-electron chi connectivity index (χ4n) is 3.53. The number of fused-ring (bicyclic) bond motifs is 18. The Morgan fingerprint density at radius 2 is 0.967 bits per heavy atom. The first kappa shape index (κ1) is 23.2. The summed E-state index contributed by atoms with van der Waals surface area (Å²) < 4.78 is 23.7. The highest BCUT2D eigenvalue weighted by molar-refractivity contribution is 5.39. The van der Waals surface area contributed by atoms with Gasteiger partial charge in [0.2, 0.25) is 0 Å². The molecule has 3 aliphatic rings. The smallest absolute Gasteiger partial charge is 0.161 e. The predicted octanol–water partition coefficient (Wildman–Crippen LogP) is 0.288. The van der Waals surface area contributed by atoms with Gasteiger partial charge in [-0.2, -0.15) is 0 Å². The molecule has 1 aromatic carbocycles. The highest BCUT2D eigenvalue weighted by Gasteiger charge is 2.10. The summed E-state index contributed by atoms with van der Waals surface area (Å²) in [6, 6.07) is 7.89. The molecule has 8 heteroatoms. The zero-order valence-electron chi connectivity index (χ0n) is 18.2. The van der Waals surface area contributed by atoms with Crippen molar-refractivity contribution in [3.63, 3.8) is 0 Å². The van der Waals surface area contributed by atoms with E-state index in [1.165, 1.54) is 0 Å². The number of nitrogens with zero attached hydrogens (tertiary/aromatic N) is 2. The fourth-order valence-corrected chi connectivity index (χ4v) is 3.53. The Hall–Kier alpha value is -1.42. The molecule has 0 aliphatic carbocycles. The summed E-state index contributed by atoms with van der Waals surface area (Å²) in [6.45, 7) is 13.4. The molecule has 30 heavy (non-hydrogen) atoms. The van der Waals surface area contributed by atoms with Gasteiger partial charge in [-0.15, -0.1) is 0 Å². The topological polar surface area (TPSA) is 67.5 Å². The van der Waals surface area contributed by atoms with Gasteiger partial charge < -0.3 is 29.6 Å². The van der Waals surface area contributed by atoms with E-state index in [1.54, 1.807) is 0 Å². The molecular formula is C22H38N4O4. The van der Waals surface area contributed by atoms with Gasteiger partial charge in [0.15, 0.2) is 11.5 Å². The molecule has 1 fully saturated rings. The van der Waals surface area contributed by atoms with Crippen LogP contribution in [-0.4, -0.2) is 115 Å². The Labute approximate surface area is 180 Å². The summed E-state index contributed by atoms with van der Waals surface area (Å²) in [7, 11) is 0. The zero-order valence-corrected chi connectivity index (χ0v) is 18.2. The van der Waals surface area contributed by atoms with Crippen molar-refractivity contribution in [1.82, 2.24) is 20.4 Å². The van der Waals surface area contributed by atoms with Crippen molar-refractivity contribution in [2.75, 3.05) is 105 Å². The Balaban J connectivity index is 1.55. The summed E-state index contributed by atoms with van der Waals surface area (Å²) in [5.74, 6) is 1.61. The molecule has 0 spiro atoms. The van der Waals surface area contributed by atoms with Crippen molar-refractivity contribution in [1.29, 1.82) is 0 Å². The monoisotopic (exact) mass is 422 g/mol. The minimum atomic E-state index is 0.612. The number of hydrogen-bond donors (Lipinski definition) is 2. The maximum Gasteiger partial charge on any atom is 0.161 e. The van der Waals surface area contributed by atoms with Crippen LogP contribution in [0.1, 0.15) is 0 Å². The van der Waals surface area contributed by atoms with Gasteiger partial charge >= 0.3 is 0 Å².